The summed E-state index contributed by atoms with van der Waals surface area (Å²) in [4.78, 5) is 14.9. The van der Waals surface area contributed by atoms with Crippen molar-refractivity contribution in [3.8, 4) is 0 Å². The molecule has 1 atom stereocenters. The normalized spacial score (nSPS) is 18.5. The number of benzene rings is 2. The van der Waals surface area contributed by atoms with E-state index in [0.717, 1.165) is 24.2 Å². The second kappa shape index (κ2) is 8.11. The first-order valence-corrected chi connectivity index (χ1v) is 8.84. The number of rotatable bonds is 5. The van der Waals surface area contributed by atoms with Gasteiger partial charge in [0.05, 0.1) is 12.6 Å². The Labute approximate surface area is 144 Å². The Hall–Kier alpha value is -2.13. The van der Waals surface area contributed by atoms with Crippen molar-refractivity contribution < 1.29 is 4.79 Å². The Morgan fingerprint density at radius 1 is 1.08 bits per heavy atom. The molecule has 3 nitrogen and oxygen atoms in total. The number of amides is 1. The molecule has 0 aromatic heterocycles. The first kappa shape index (κ1) is 16.7. The van der Waals surface area contributed by atoms with Crippen LogP contribution in [0.2, 0.25) is 0 Å². The molecule has 3 rings (SSSR count). The number of carbonyl (C=O) groups excluding carboxylic acids is 1. The second-order valence-electron chi connectivity index (χ2n) is 6.80. The molecule has 0 aliphatic carbocycles. The zero-order valence-corrected chi connectivity index (χ0v) is 14.3. The third-order valence-corrected chi connectivity index (χ3v) is 4.68. The monoisotopic (exact) mass is 322 g/mol. The van der Waals surface area contributed by atoms with Gasteiger partial charge in [-0.05, 0) is 36.4 Å². The van der Waals surface area contributed by atoms with E-state index in [-0.39, 0.29) is 11.9 Å². The van der Waals surface area contributed by atoms with Crippen LogP contribution in [-0.2, 0) is 4.79 Å². The van der Waals surface area contributed by atoms with Crippen LogP contribution in [0.1, 0.15) is 36.9 Å². The lowest BCUT2D eigenvalue weighted by molar-refractivity contribution is -0.123. The predicted octanol–water partition coefficient (Wildman–Crippen LogP) is 3.62. The van der Waals surface area contributed by atoms with Crippen molar-refractivity contribution in [3.05, 3.63) is 71.8 Å². The number of hydrogen-bond donors (Lipinski definition) is 1. The van der Waals surface area contributed by atoms with E-state index in [1.54, 1.807) is 0 Å². The molecule has 126 valence electrons. The lowest BCUT2D eigenvalue weighted by Gasteiger charge is -2.31. The number of nitrogens with zero attached hydrogens (tertiary/aromatic N) is 1. The lowest BCUT2D eigenvalue weighted by Crippen LogP contribution is -2.43. The van der Waals surface area contributed by atoms with Crippen LogP contribution in [0.3, 0.4) is 0 Å². The van der Waals surface area contributed by atoms with Gasteiger partial charge in [-0.25, -0.2) is 0 Å². The first-order chi connectivity index (χ1) is 11.7. The maximum Gasteiger partial charge on any atom is 0.234 e. The fourth-order valence-electron chi connectivity index (χ4n) is 3.49. The molecule has 3 heteroatoms. The maximum absolute atomic E-state index is 12.6. The van der Waals surface area contributed by atoms with Gasteiger partial charge in [-0.1, -0.05) is 67.6 Å². The van der Waals surface area contributed by atoms with E-state index in [2.05, 4.69) is 41.4 Å². The number of piperidine rings is 1. The summed E-state index contributed by atoms with van der Waals surface area (Å²) in [7, 11) is 0. The van der Waals surface area contributed by atoms with E-state index in [0.29, 0.717) is 12.5 Å². The molecule has 0 unspecified atom stereocenters. The molecule has 1 amide bonds. The van der Waals surface area contributed by atoms with Gasteiger partial charge < -0.3 is 5.32 Å². The largest absolute Gasteiger partial charge is 0.344 e. The molecule has 2 aromatic rings. The summed E-state index contributed by atoms with van der Waals surface area (Å²) in [5, 5.41) is 3.23. The lowest BCUT2D eigenvalue weighted by atomic mass is 9.98. The second-order valence-corrected chi connectivity index (χ2v) is 6.80. The topological polar surface area (TPSA) is 32.3 Å². The quantitative estimate of drug-likeness (QED) is 0.912. The molecule has 1 aliphatic heterocycles. The first-order valence-electron chi connectivity index (χ1n) is 8.84. The number of nitrogens with one attached hydrogen (secondary N) is 1. The molecule has 24 heavy (non-hydrogen) atoms. The van der Waals surface area contributed by atoms with Crippen molar-refractivity contribution in [2.45, 2.75) is 25.8 Å². The van der Waals surface area contributed by atoms with Crippen molar-refractivity contribution >= 4 is 5.91 Å². The molecular weight excluding hydrogens is 296 g/mol. The molecule has 1 aliphatic rings. The zero-order chi connectivity index (χ0) is 16.8. The average molecular weight is 322 g/mol. The van der Waals surface area contributed by atoms with Crippen molar-refractivity contribution in [2.75, 3.05) is 19.6 Å². The smallest absolute Gasteiger partial charge is 0.234 e. The third-order valence-electron chi connectivity index (χ3n) is 4.68. The minimum atomic E-state index is -0.0953. The van der Waals surface area contributed by atoms with Crippen molar-refractivity contribution in [1.29, 1.82) is 0 Å². The van der Waals surface area contributed by atoms with Gasteiger partial charge in [0.15, 0.2) is 0 Å². The SMILES string of the molecule is C[C@@H]1CCCN(CC(=O)NC(c2ccccc2)c2ccccc2)C1. The molecule has 1 fully saturated rings. The highest BCUT2D eigenvalue weighted by Gasteiger charge is 2.21. The summed E-state index contributed by atoms with van der Waals surface area (Å²) in [6.07, 6.45) is 2.46. The van der Waals surface area contributed by atoms with E-state index in [4.69, 9.17) is 0 Å². The van der Waals surface area contributed by atoms with Crippen LogP contribution in [-0.4, -0.2) is 30.4 Å². The number of likely N-dealkylation sites (tertiary alicyclic amines) is 1. The standard InChI is InChI=1S/C21H26N2O/c1-17-9-8-14-23(15-17)16-20(24)22-21(18-10-4-2-5-11-18)19-12-6-3-7-13-19/h2-7,10-13,17,21H,8-9,14-16H2,1H3,(H,22,24)/t17-/m1/s1. The third kappa shape index (κ3) is 4.45. The summed E-state index contributed by atoms with van der Waals surface area (Å²) in [6, 6.07) is 20.3. The van der Waals surface area contributed by atoms with Crippen LogP contribution >= 0.6 is 0 Å². The van der Waals surface area contributed by atoms with Gasteiger partial charge >= 0.3 is 0 Å². The molecule has 0 radical (unpaired) electrons. The van der Waals surface area contributed by atoms with Gasteiger partial charge in [-0.15, -0.1) is 0 Å². The Morgan fingerprint density at radius 3 is 2.21 bits per heavy atom. The number of hydrogen-bond acceptors (Lipinski definition) is 2. The van der Waals surface area contributed by atoms with Gasteiger partial charge in [0.1, 0.15) is 0 Å². The Morgan fingerprint density at radius 2 is 1.67 bits per heavy atom. The van der Waals surface area contributed by atoms with E-state index in [9.17, 15) is 4.79 Å². The molecule has 0 spiro atoms. The molecule has 1 N–H and O–H groups in total. The van der Waals surface area contributed by atoms with Crippen LogP contribution in [0.25, 0.3) is 0 Å². The van der Waals surface area contributed by atoms with Gasteiger partial charge in [-0.3, -0.25) is 9.69 Å². The highest BCUT2D eigenvalue weighted by Crippen LogP contribution is 2.22. The van der Waals surface area contributed by atoms with Gasteiger partial charge in [-0.2, -0.15) is 0 Å². The summed E-state index contributed by atoms with van der Waals surface area (Å²) in [6.45, 7) is 4.80. The summed E-state index contributed by atoms with van der Waals surface area (Å²) < 4.78 is 0. The van der Waals surface area contributed by atoms with Gasteiger partial charge in [0.2, 0.25) is 5.91 Å². The van der Waals surface area contributed by atoms with E-state index in [1.807, 2.05) is 36.4 Å². The fourth-order valence-corrected chi connectivity index (χ4v) is 3.49. The molecule has 1 heterocycles. The van der Waals surface area contributed by atoms with Crippen LogP contribution in [0.5, 0.6) is 0 Å². The van der Waals surface area contributed by atoms with E-state index < -0.39 is 0 Å². The zero-order valence-electron chi connectivity index (χ0n) is 14.3. The van der Waals surface area contributed by atoms with E-state index >= 15 is 0 Å². The van der Waals surface area contributed by atoms with E-state index in [1.165, 1.54) is 12.8 Å². The Balaban J connectivity index is 1.71. The van der Waals surface area contributed by atoms with Crippen molar-refractivity contribution in [2.24, 2.45) is 5.92 Å². The molecular formula is C21H26N2O. The van der Waals surface area contributed by atoms with Gasteiger partial charge in [0.25, 0.3) is 0 Å². The molecule has 2 aromatic carbocycles. The average Bonchev–Trinajstić information content (AvgIpc) is 2.61. The molecule has 1 saturated heterocycles. The summed E-state index contributed by atoms with van der Waals surface area (Å²) in [5.41, 5.74) is 2.23. The Bertz CT molecular complexity index is 602. The fraction of sp³-hybridized carbons (Fsp3) is 0.381. The highest BCUT2D eigenvalue weighted by atomic mass is 16.2. The van der Waals surface area contributed by atoms with Crippen LogP contribution in [0.15, 0.2) is 60.7 Å². The summed E-state index contributed by atoms with van der Waals surface area (Å²) >= 11 is 0. The van der Waals surface area contributed by atoms with Crippen molar-refractivity contribution in [1.82, 2.24) is 10.2 Å². The predicted molar refractivity (Wildman–Crippen MR) is 97.7 cm³/mol. The Kier molecular flexibility index (Phi) is 5.65. The number of carbonyl (C=O) groups is 1. The van der Waals surface area contributed by atoms with Crippen molar-refractivity contribution in [3.63, 3.8) is 0 Å². The molecule has 0 bridgehead atoms. The minimum absolute atomic E-state index is 0.0953. The summed E-state index contributed by atoms with van der Waals surface area (Å²) in [5.74, 6) is 0.785. The van der Waals surface area contributed by atoms with Crippen LogP contribution in [0, 0.1) is 5.92 Å². The highest BCUT2D eigenvalue weighted by molar-refractivity contribution is 5.79. The van der Waals surface area contributed by atoms with Crippen LogP contribution in [0.4, 0.5) is 0 Å². The van der Waals surface area contributed by atoms with Gasteiger partial charge in [0, 0.05) is 6.54 Å². The molecule has 0 saturated carbocycles. The minimum Gasteiger partial charge on any atom is -0.344 e. The maximum atomic E-state index is 12.6. The van der Waals surface area contributed by atoms with Crippen LogP contribution < -0.4 is 5.32 Å².